The lowest BCUT2D eigenvalue weighted by Crippen LogP contribution is -2.44. The van der Waals surface area contributed by atoms with E-state index in [0.29, 0.717) is 11.8 Å². The van der Waals surface area contributed by atoms with Crippen molar-refractivity contribution in [2.45, 2.75) is 56.5 Å². The predicted octanol–water partition coefficient (Wildman–Crippen LogP) is 4.62. The van der Waals surface area contributed by atoms with Crippen LogP contribution in [0.25, 0.3) is 11.0 Å². The molecule has 0 radical (unpaired) electrons. The number of morpholine rings is 1. The number of aliphatic imine (C=N–C) groups is 1. The van der Waals surface area contributed by atoms with Gasteiger partial charge in [0.05, 0.1) is 24.3 Å². The number of likely N-dealkylation sites (tertiary alicyclic amines) is 1. The summed E-state index contributed by atoms with van der Waals surface area (Å²) in [5, 5.41) is 2.63. The fourth-order valence-corrected chi connectivity index (χ4v) is 7.91. The van der Waals surface area contributed by atoms with Crippen molar-refractivity contribution in [2.24, 2.45) is 10.9 Å². The summed E-state index contributed by atoms with van der Waals surface area (Å²) in [6.07, 6.45) is 11.8. The molecule has 0 amide bonds. The number of hydrogen-bond acceptors (Lipinski definition) is 7. The lowest BCUT2D eigenvalue weighted by molar-refractivity contribution is 0.00729. The van der Waals surface area contributed by atoms with Gasteiger partial charge in [-0.25, -0.2) is 4.98 Å². The third-order valence-electron chi connectivity index (χ3n) is 8.51. The molecular weight excluding hydrogens is 462 g/mol. The maximum absolute atomic E-state index is 5.55. The molecule has 8 heteroatoms. The molecule has 1 atom stereocenters. The molecule has 0 aromatic carbocycles. The first-order valence-corrected chi connectivity index (χ1v) is 14.4. The van der Waals surface area contributed by atoms with Gasteiger partial charge >= 0.3 is 0 Å². The highest BCUT2D eigenvalue weighted by Crippen LogP contribution is 2.41. The summed E-state index contributed by atoms with van der Waals surface area (Å²) in [5.41, 5.74) is 3.67. The Balaban J connectivity index is 1.18. The van der Waals surface area contributed by atoms with E-state index in [9.17, 15) is 0 Å². The summed E-state index contributed by atoms with van der Waals surface area (Å²) in [7, 11) is 2.23. The Kier molecular flexibility index (Phi) is 6.96. The van der Waals surface area contributed by atoms with Crippen LogP contribution in [0.5, 0.6) is 0 Å². The van der Waals surface area contributed by atoms with Gasteiger partial charge in [0.25, 0.3) is 0 Å². The first-order valence-electron chi connectivity index (χ1n) is 13.1. The SMILES string of the molecule is CN1CCC(C2=NC(c3cn(S)c4ncc([C@H]5CC[C@H](N6CCOCC6)CC5)cc34)CS2)CC1. The number of aromatic nitrogens is 2. The van der Waals surface area contributed by atoms with Gasteiger partial charge in [0.2, 0.25) is 0 Å². The summed E-state index contributed by atoms with van der Waals surface area (Å²) in [6, 6.07) is 3.37. The van der Waals surface area contributed by atoms with Gasteiger partial charge in [-0.3, -0.25) is 13.9 Å². The molecule has 5 heterocycles. The standard InChI is InChI=1S/C26H37N5OS2/c1-29-8-6-19(7-9-29)26-28-24(17-34-26)23-16-31(33)25-22(23)14-20(15-27-25)18-2-4-21(5-3-18)30-10-12-32-13-11-30/h14-16,18-19,21,24,33H,2-13,17H2,1H3/t18-,21-,24?. The quantitative estimate of drug-likeness (QED) is 0.622. The molecule has 184 valence electrons. The lowest BCUT2D eigenvalue weighted by atomic mass is 9.81. The predicted molar refractivity (Wildman–Crippen MR) is 144 cm³/mol. The smallest absolute Gasteiger partial charge is 0.150 e. The number of fused-ring (bicyclic) bond motifs is 1. The highest BCUT2D eigenvalue weighted by atomic mass is 32.2. The second-order valence-corrected chi connectivity index (χ2v) is 12.1. The van der Waals surface area contributed by atoms with Crippen LogP contribution in [0.1, 0.15) is 61.6 Å². The number of hydrogen-bond donors (Lipinski definition) is 1. The molecule has 2 saturated heterocycles. The van der Waals surface area contributed by atoms with Crippen LogP contribution in [0.2, 0.25) is 0 Å². The van der Waals surface area contributed by atoms with Gasteiger partial charge < -0.3 is 9.64 Å². The second-order valence-electron chi connectivity index (χ2n) is 10.6. The minimum atomic E-state index is 0.227. The number of thiol groups is 1. The number of nitrogens with zero attached hydrogens (tertiary/aromatic N) is 5. The molecule has 6 nitrogen and oxygen atoms in total. The third kappa shape index (κ3) is 4.69. The molecule has 1 saturated carbocycles. The lowest BCUT2D eigenvalue weighted by Gasteiger charge is -2.38. The molecule has 34 heavy (non-hydrogen) atoms. The molecule has 6 rings (SSSR count). The van der Waals surface area contributed by atoms with E-state index in [1.807, 2.05) is 15.7 Å². The van der Waals surface area contributed by atoms with E-state index in [1.54, 1.807) is 0 Å². The van der Waals surface area contributed by atoms with Gasteiger partial charge in [-0.2, -0.15) is 0 Å². The molecule has 0 N–H and O–H groups in total. The molecule has 3 fully saturated rings. The van der Waals surface area contributed by atoms with Crippen LogP contribution in [0.15, 0.2) is 23.5 Å². The largest absolute Gasteiger partial charge is 0.379 e. The van der Waals surface area contributed by atoms with Crippen molar-refractivity contribution in [3.05, 3.63) is 29.6 Å². The number of rotatable bonds is 4. The third-order valence-corrected chi connectivity index (χ3v) is 10.0. The van der Waals surface area contributed by atoms with E-state index < -0.39 is 0 Å². The van der Waals surface area contributed by atoms with Crippen LogP contribution in [0, 0.1) is 5.92 Å². The number of thioether (sulfide) groups is 1. The van der Waals surface area contributed by atoms with Crippen LogP contribution in [0.3, 0.4) is 0 Å². The Hall–Kier alpha value is -1.06. The molecule has 2 aromatic rings. The van der Waals surface area contributed by atoms with Crippen LogP contribution < -0.4 is 0 Å². The summed E-state index contributed by atoms with van der Waals surface area (Å²) in [6.45, 7) is 6.36. The number of pyridine rings is 1. The van der Waals surface area contributed by atoms with Gasteiger partial charge in [-0.1, -0.05) is 12.8 Å². The summed E-state index contributed by atoms with van der Waals surface area (Å²) in [4.78, 5) is 15.2. The topological polar surface area (TPSA) is 45.9 Å². The molecule has 4 aliphatic rings. The van der Waals surface area contributed by atoms with Crippen LogP contribution in [-0.4, -0.2) is 82.0 Å². The van der Waals surface area contributed by atoms with E-state index in [1.165, 1.54) is 73.2 Å². The normalized spacial score (nSPS) is 30.2. The van der Waals surface area contributed by atoms with Gasteiger partial charge in [0.1, 0.15) is 5.65 Å². The fourth-order valence-electron chi connectivity index (χ4n) is 6.37. The van der Waals surface area contributed by atoms with Crippen molar-refractivity contribution in [1.29, 1.82) is 0 Å². The van der Waals surface area contributed by atoms with Crippen LogP contribution >= 0.6 is 24.6 Å². The zero-order valence-electron chi connectivity index (χ0n) is 20.2. The zero-order valence-corrected chi connectivity index (χ0v) is 21.9. The summed E-state index contributed by atoms with van der Waals surface area (Å²) < 4.78 is 7.45. The van der Waals surface area contributed by atoms with Gasteiger partial charge in [-0.15, -0.1) is 11.8 Å². The Morgan fingerprint density at radius 1 is 1.00 bits per heavy atom. The van der Waals surface area contributed by atoms with E-state index in [4.69, 9.17) is 27.5 Å². The maximum Gasteiger partial charge on any atom is 0.150 e. The molecule has 3 aliphatic heterocycles. The molecule has 0 bridgehead atoms. The van der Waals surface area contributed by atoms with Crippen molar-refractivity contribution in [3.8, 4) is 0 Å². The Labute approximate surface area is 213 Å². The zero-order chi connectivity index (χ0) is 23.1. The van der Waals surface area contributed by atoms with E-state index >= 15 is 0 Å². The highest BCUT2D eigenvalue weighted by molar-refractivity contribution is 8.14. The maximum atomic E-state index is 5.55. The average molecular weight is 500 g/mol. The molecule has 1 aliphatic carbocycles. The Bertz CT molecular complexity index is 1030. The molecule has 1 unspecified atom stereocenters. The van der Waals surface area contributed by atoms with E-state index in [0.717, 1.165) is 43.7 Å². The van der Waals surface area contributed by atoms with Crippen molar-refractivity contribution in [2.75, 3.05) is 52.2 Å². The highest BCUT2D eigenvalue weighted by Gasteiger charge is 2.31. The summed E-state index contributed by atoms with van der Waals surface area (Å²) in [5.74, 6) is 2.30. The minimum absolute atomic E-state index is 0.227. The Morgan fingerprint density at radius 2 is 1.76 bits per heavy atom. The van der Waals surface area contributed by atoms with Crippen LogP contribution in [-0.2, 0) is 4.74 Å². The monoisotopic (exact) mass is 499 g/mol. The van der Waals surface area contributed by atoms with Gasteiger partial charge in [0, 0.05) is 54.1 Å². The fraction of sp³-hybridized carbons (Fsp3) is 0.692. The van der Waals surface area contributed by atoms with Crippen molar-refractivity contribution in [1.82, 2.24) is 18.8 Å². The molecule has 2 aromatic heterocycles. The van der Waals surface area contributed by atoms with Crippen molar-refractivity contribution >= 4 is 40.7 Å². The first-order chi connectivity index (χ1) is 16.7. The van der Waals surface area contributed by atoms with Crippen molar-refractivity contribution in [3.63, 3.8) is 0 Å². The summed E-state index contributed by atoms with van der Waals surface area (Å²) >= 11 is 6.69. The Morgan fingerprint density at radius 3 is 2.53 bits per heavy atom. The van der Waals surface area contributed by atoms with E-state index in [-0.39, 0.29) is 6.04 Å². The van der Waals surface area contributed by atoms with Gasteiger partial charge in [-0.05, 0) is 76.2 Å². The average Bonchev–Trinajstić information content (AvgIpc) is 3.50. The molecule has 0 spiro atoms. The number of ether oxygens (including phenoxy) is 1. The van der Waals surface area contributed by atoms with E-state index in [2.05, 4.69) is 35.3 Å². The van der Waals surface area contributed by atoms with Crippen molar-refractivity contribution < 1.29 is 4.74 Å². The van der Waals surface area contributed by atoms with Crippen LogP contribution in [0.4, 0.5) is 0 Å². The number of piperidine rings is 1. The van der Waals surface area contributed by atoms with Gasteiger partial charge in [0.15, 0.2) is 0 Å². The minimum Gasteiger partial charge on any atom is -0.379 e. The molecular formula is C26H37N5OS2. The second kappa shape index (κ2) is 10.1. The first kappa shape index (κ1) is 23.3.